The van der Waals surface area contributed by atoms with Crippen LogP contribution >= 0.6 is 0 Å². The molecule has 0 unspecified atom stereocenters. The SMILES string of the molecule is CC(=O)N1CCC(C)(c2cc3c(N[C@H](C)c4cccc(C(F)F)c4F)ncnc3n3nnnc23)CC1. The maximum absolute atomic E-state index is 14.8. The molecule has 0 aliphatic carbocycles. The third-order valence-electron chi connectivity index (χ3n) is 7.14. The van der Waals surface area contributed by atoms with Gasteiger partial charge in [-0.25, -0.2) is 23.1 Å². The average molecular weight is 499 g/mol. The van der Waals surface area contributed by atoms with Crippen molar-refractivity contribution in [3.8, 4) is 0 Å². The summed E-state index contributed by atoms with van der Waals surface area (Å²) in [6, 6.07) is 5.23. The molecular formula is C24H25F3N8O. The van der Waals surface area contributed by atoms with E-state index in [4.69, 9.17) is 0 Å². The minimum absolute atomic E-state index is 0.0434. The van der Waals surface area contributed by atoms with Gasteiger partial charge in [-0.15, -0.1) is 5.10 Å². The molecule has 1 atom stereocenters. The average Bonchev–Trinajstić information content (AvgIpc) is 3.34. The number of tetrazole rings is 1. The second-order valence-electron chi connectivity index (χ2n) is 9.42. The third kappa shape index (κ3) is 3.99. The molecule has 9 nitrogen and oxygen atoms in total. The van der Waals surface area contributed by atoms with Gasteiger partial charge in [-0.05, 0) is 41.7 Å². The first-order valence-corrected chi connectivity index (χ1v) is 11.6. The monoisotopic (exact) mass is 498 g/mol. The molecule has 0 saturated carbocycles. The summed E-state index contributed by atoms with van der Waals surface area (Å²) in [5, 5.41) is 16.0. The number of piperidine rings is 1. The lowest BCUT2D eigenvalue weighted by Crippen LogP contribution is -2.43. The van der Waals surface area contributed by atoms with E-state index in [1.54, 1.807) is 18.4 Å². The van der Waals surface area contributed by atoms with Crippen molar-refractivity contribution in [3.05, 3.63) is 53.1 Å². The predicted octanol–water partition coefficient (Wildman–Crippen LogP) is 4.22. The molecule has 1 aromatic carbocycles. The van der Waals surface area contributed by atoms with E-state index < -0.39 is 23.8 Å². The molecule has 1 aliphatic heterocycles. The summed E-state index contributed by atoms with van der Waals surface area (Å²) >= 11 is 0. The smallest absolute Gasteiger partial charge is 0.266 e. The summed E-state index contributed by atoms with van der Waals surface area (Å²) in [5.74, 6) is -0.501. The molecule has 1 saturated heterocycles. The first-order chi connectivity index (χ1) is 17.2. The van der Waals surface area contributed by atoms with Crippen LogP contribution in [0.15, 0.2) is 30.6 Å². The van der Waals surface area contributed by atoms with Crippen LogP contribution in [-0.2, 0) is 10.2 Å². The first-order valence-electron chi connectivity index (χ1n) is 11.6. The second kappa shape index (κ2) is 8.99. The molecule has 1 aliphatic rings. The van der Waals surface area contributed by atoms with E-state index in [-0.39, 0.29) is 16.9 Å². The highest BCUT2D eigenvalue weighted by Crippen LogP contribution is 2.39. The molecule has 0 radical (unpaired) electrons. The lowest BCUT2D eigenvalue weighted by Gasteiger charge is -2.39. The second-order valence-corrected chi connectivity index (χ2v) is 9.42. The fourth-order valence-electron chi connectivity index (χ4n) is 4.89. The fraction of sp³-hybridized carbons (Fsp3) is 0.417. The number of carbonyl (C=O) groups excluding carboxylic acids is 1. The lowest BCUT2D eigenvalue weighted by molar-refractivity contribution is -0.130. The molecule has 1 amide bonds. The molecule has 5 rings (SSSR count). The van der Waals surface area contributed by atoms with Crippen molar-refractivity contribution in [2.45, 2.75) is 51.5 Å². The Hall–Kier alpha value is -3.83. The van der Waals surface area contributed by atoms with Crippen molar-refractivity contribution in [3.63, 3.8) is 0 Å². The number of nitrogens with zero attached hydrogens (tertiary/aromatic N) is 7. The quantitative estimate of drug-likeness (QED) is 0.440. The van der Waals surface area contributed by atoms with E-state index in [0.717, 1.165) is 24.5 Å². The van der Waals surface area contributed by atoms with Crippen LogP contribution in [0.25, 0.3) is 16.7 Å². The van der Waals surface area contributed by atoms with E-state index >= 15 is 0 Å². The number of hydrogen-bond donors (Lipinski definition) is 1. The normalized spacial score (nSPS) is 16.6. The minimum Gasteiger partial charge on any atom is -0.363 e. The van der Waals surface area contributed by atoms with Crippen molar-refractivity contribution in [1.82, 2.24) is 34.9 Å². The van der Waals surface area contributed by atoms with E-state index in [2.05, 4.69) is 37.7 Å². The number of pyridine rings is 1. The number of rotatable bonds is 5. The Labute approximate surface area is 204 Å². The number of amides is 1. The lowest BCUT2D eigenvalue weighted by atomic mass is 9.74. The zero-order valence-electron chi connectivity index (χ0n) is 20.0. The molecule has 188 valence electrons. The van der Waals surface area contributed by atoms with Crippen molar-refractivity contribution in [2.24, 2.45) is 0 Å². The van der Waals surface area contributed by atoms with Crippen LogP contribution in [0, 0.1) is 5.82 Å². The maximum Gasteiger partial charge on any atom is 0.266 e. The summed E-state index contributed by atoms with van der Waals surface area (Å²) in [4.78, 5) is 22.4. The van der Waals surface area contributed by atoms with Crippen LogP contribution in [0.3, 0.4) is 0 Å². The number of fused-ring (bicyclic) bond motifs is 3. The first kappa shape index (κ1) is 23.9. The Morgan fingerprint density at radius 1 is 1.14 bits per heavy atom. The van der Waals surface area contributed by atoms with Crippen LogP contribution in [0.1, 0.15) is 62.8 Å². The fourth-order valence-corrected chi connectivity index (χ4v) is 4.89. The number of aromatic nitrogens is 6. The number of alkyl halides is 2. The van der Waals surface area contributed by atoms with Crippen LogP contribution in [-0.4, -0.2) is 53.9 Å². The van der Waals surface area contributed by atoms with Gasteiger partial charge in [0.2, 0.25) is 5.91 Å². The largest absolute Gasteiger partial charge is 0.363 e. The van der Waals surface area contributed by atoms with Crippen LogP contribution in [0.4, 0.5) is 19.0 Å². The minimum atomic E-state index is -2.91. The Balaban J connectivity index is 1.57. The van der Waals surface area contributed by atoms with Crippen molar-refractivity contribution in [1.29, 1.82) is 0 Å². The molecule has 0 bridgehead atoms. The number of carbonyl (C=O) groups is 1. The van der Waals surface area contributed by atoms with Crippen LogP contribution in [0.5, 0.6) is 0 Å². The Morgan fingerprint density at radius 3 is 2.56 bits per heavy atom. The zero-order chi connectivity index (χ0) is 25.6. The van der Waals surface area contributed by atoms with Gasteiger partial charge < -0.3 is 10.2 Å². The summed E-state index contributed by atoms with van der Waals surface area (Å²) < 4.78 is 42.8. The summed E-state index contributed by atoms with van der Waals surface area (Å²) in [6.07, 6.45) is -0.127. The van der Waals surface area contributed by atoms with E-state index in [1.165, 1.54) is 18.5 Å². The van der Waals surface area contributed by atoms with E-state index in [0.29, 0.717) is 35.6 Å². The van der Waals surface area contributed by atoms with Gasteiger partial charge >= 0.3 is 0 Å². The highest BCUT2D eigenvalue weighted by Gasteiger charge is 2.36. The topological polar surface area (TPSA) is 101 Å². The molecular weight excluding hydrogens is 473 g/mol. The standard InChI is InChI=1S/C24H25F3N8O/c1-13(15-5-4-6-16(19(15)25)20(26)27)30-21-17-11-18(24(3)7-9-34(10-8-24)14(2)36)23-31-32-33-35(23)22(17)29-12-28-21/h4-6,11-13,20H,7-10H2,1-3H3,(H,28,29,30)/t13-/m1/s1. The highest BCUT2D eigenvalue weighted by molar-refractivity contribution is 5.89. The Bertz CT molecular complexity index is 1450. The summed E-state index contributed by atoms with van der Waals surface area (Å²) in [7, 11) is 0. The zero-order valence-corrected chi connectivity index (χ0v) is 20.0. The molecule has 0 spiro atoms. The van der Waals surface area contributed by atoms with Gasteiger partial charge in [-0.2, -0.15) is 4.52 Å². The van der Waals surface area contributed by atoms with Gasteiger partial charge in [0.05, 0.1) is 17.0 Å². The third-order valence-corrected chi connectivity index (χ3v) is 7.14. The van der Waals surface area contributed by atoms with Crippen molar-refractivity contribution < 1.29 is 18.0 Å². The number of nitrogens with one attached hydrogen (secondary N) is 1. The van der Waals surface area contributed by atoms with Crippen molar-refractivity contribution >= 4 is 28.4 Å². The van der Waals surface area contributed by atoms with Gasteiger partial charge in [0.15, 0.2) is 11.3 Å². The predicted molar refractivity (Wildman–Crippen MR) is 126 cm³/mol. The number of hydrogen-bond acceptors (Lipinski definition) is 7. The summed E-state index contributed by atoms with van der Waals surface area (Å²) in [6.45, 7) is 6.59. The Morgan fingerprint density at radius 2 is 1.86 bits per heavy atom. The number of benzene rings is 1. The van der Waals surface area contributed by atoms with Gasteiger partial charge in [-0.1, -0.05) is 25.1 Å². The van der Waals surface area contributed by atoms with Gasteiger partial charge in [-0.3, -0.25) is 4.79 Å². The highest BCUT2D eigenvalue weighted by atomic mass is 19.3. The molecule has 12 heteroatoms. The number of anilines is 1. The molecule has 36 heavy (non-hydrogen) atoms. The molecule has 4 heterocycles. The molecule has 3 aromatic heterocycles. The van der Waals surface area contributed by atoms with E-state index in [1.807, 2.05) is 11.0 Å². The molecule has 1 N–H and O–H groups in total. The van der Waals surface area contributed by atoms with Gasteiger partial charge in [0, 0.05) is 31.1 Å². The molecule has 1 fully saturated rings. The number of likely N-dealkylation sites (tertiary alicyclic amines) is 1. The molecule has 4 aromatic rings. The van der Waals surface area contributed by atoms with Crippen LogP contribution in [0.2, 0.25) is 0 Å². The van der Waals surface area contributed by atoms with Crippen LogP contribution < -0.4 is 5.32 Å². The van der Waals surface area contributed by atoms with Gasteiger partial charge in [0.25, 0.3) is 6.43 Å². The van der Waals surface area contributed by atoms with Gasteiger partial charge in [0.1, 0.15) is 18.0 Å². The summed E-state index contributed by atoms with van der Waals surface area (Å²) in [5.41, 5.74) is 1.05. The Kier molecular flexibility index (Phi) is 5.97. The number of halogens is 3. The maximum atomic E-state index is 14.8. The van der Waals surface area contributed by atoms with Crippen molar-refractivity contribution in [2.75, 3.05) is 18.4 Å². The van der Waals surface area contributed by atoms with E-state index in [9.17, 15) is 18.0 Å².